The van der Waals surface area contributed by atoms with Gasteiger partial charge in [0.1, 0.15) is 0 Å². The number of rotatable bonds is 3. The lowest BCUT2D eigenvalue weighted by Gasteiger charge is -2.04. The van der Waals surface area contributed by atoms with Crippen molar-refractivity contribution in [3.63, 3.8) is 0 Å². The summed E-state index contributed by atoms with van der Waals surface area (Å²) in [4.78, 5) is 4.24. The first-order chi connectivity index (χ1) is 7.83. The number of hydrogen-bond donors (Lipinski definition) is 2. The zero-order valence-electron chi connectivity index (χ0n) is 8.80. The van der Waals surface area contributed by atoms with Crippen LogP contribution >= 0.6 is 0 Å². The molecule has 82 valence electrons. The molecule has 2 aromatic rings. The lowest BCUT2D eigenvalue weighted by molar-refractivity contribution is 0.281. The molecule has 0 aliphatic carbocycles. The van der Waals surface area contributed by atoms with Crippen LogP contribution in [-0.4, -0.2) is 15.2 Å². The van der Waals surface area contributed by atoms with Gasteiger partial charge in [0.15, 0.2) is 0 Å². The highest BCUT2D eigenvalue weighted by Gasteiger charge is 2.01. The van der Waals surface area contributed by atoms with Crippen molar-refractivity contribution in [1.82, 2.24) is 4.98 Å². The summed E-state index contributed by atoms with van der Waals surface area (Å²) in [5, 5.41) is 18.1. The Kier molecular flexibility index (Phi) is 3.29. The number of aliphatic hydroxyl groups is 2. The van der Waals surface area contributed by atoms with E-state index < -0.39 is 0 Å². The van der Waals surface area contributed by atoms with E-state index in [1.54, 1.807) is 12.3 Å². The molecule has 0 radical (unpaired) electrons. The van der Waals surface area contributed by atoms with E-state index in [0.717, 1.165) is 22.4 Å². The van der Waals surface area contributed by atoms with Crippen LogP contribution in [0.1, 0.15) is 11.1 Å². The van der Waals surface area contributed by atoms with Crippen LogP contribution in [0.3, 0.4) is 0 Å². The van der Waals surface area contributed by atoms with Gasteiger partial charge in [-0.05, 0) is 29.3 Å². The number of hydrogen-bond acceptors (Lipinski definition) is 3. The van der Waals surface area contributed by atoms with Crippen LogP contribution in [0.2, 0.25) is 0 Å². The molecule has 0 saturated carbocycles. The van der Waals surface area contributed by atoms with Gasteiger partial charge in [-0.15, -0.1) is 0 Å². The molecule has 3 heteroatoms. The molecule has 0 amide bonds. The molecule has 2 N–H and O–H groups in total. The maximum absolute atomic E-state index is 9.05. The predicted molar refractivity (Wildman–Crippen MR) is 61.5 cm³/mol. The standard InChI is InChI=1S/C13H13NO2/c15-8-10-2-1-3-12(6-10)13-7-11(9-16)4-5-14-13/h1-7,15-16H,8-9H2. The zero-order chi connectivity index (χ0) is 11.4. The first-order valence-electron chi connectivity index (χ1n) is 5.09. The smallest absolute Gasteiger partial charge is 0.0705 e. The number of nitrogens with zero attached hydrogens (tertiary/aromatic N) is 1. The van der Waals surface area contributed by atoms with E-state index in [2.05, 4.69) is 4.98 Å². The molecule has 2 rings (SSSR count). The maximum Gasteiger partial charge on any atom is 0.0705 e. The number of benzene rings is 1. The van der Waals surface area contributed by atoms with Crippen LogP contribution in [-0.2, 0) is 13.2 Å². The molecule has 0 saturated heterocycles. The summed E-state index contributed by atoms with van der Waals surface area (Å²) in [6.07, 6.45) is 1.67. The fourth-order valence-electron chi connectivity index (χ4n) is 1.56. The van der Waals surface area contributed by atoms with Crippen LogP contribution in [0.15, 0.2) is 42.6 Å². The summed E-state index contributed by atoms with van der Waals surface area (Å²) in [6.45, 7) is 0.0305. The van der Waals surface area contributed by atoms with E-state index in [0.29, 0.717) is 0 Å². The van der Waals surface area contributed by atoms with Gasteiger partial charge in [-0.2, -0.15) is 0 Å². The van der Waals surface area contributed by atoms with E-state index in [1.807, 2.05) is 30.3 Å². The Morgan fingerprint density at radius 1 is 0.938 bits per heavy atom. The summed E-state index contributed by atoms with van der Waals surface area (Å²) >= 11 is 0. The lowest BCUT2D eigenvalue weighted by Crippen LogP contribution is -1.89. The summed E-state index contributed by atoms with van der Waals surface area (Å²) in [6, 6.07) is 11.2. The van der Waals surface area contributed by atoms with E-state index in [1.165, 1.54) is 0 Å². The second-order valence-electron chi connectivity index (χ2n) is 3.57. The third-order valence-corrected chi connectivity index (χ3v) is 2.41. The molecular weight excluding hydrogens is 202 g/mol. The van der Waals surface area contributed by atoms with E-state index in [-0.39, 0.29) is 13.2 Å². The Morgan fingerprint density at radius 3 is 2.44 bits per heavy atom. The molecule has 0 aliphatic rings. The highest BCUT2D eigenvalue weighted by Crippen LogP contribution is 2.19. The second-order valence-corrected chi connectivity index (χ2v) is 3.57. The van der Waals surface area contributed by atoms with Crippen LogP contribution < -0.4 is 0 Å². The van der Waals surface area contributed by atoms with Gasteiger partial charge in [0.25, 0.3) is 0 Å². The molecule has 0 unspecified atom stereocenters. The maximum atomic E-state index is 9.05. The fourth-order valence-corrected chi connectivity index (χ4v) is 1.56. The van der Waals surface area contributed by atoms with Crippen molar-refractivity contribution in [3.05, 3.63) is 53.7 Å². The molecular formula is C13H13NO2. The van der Waals surface area contributed by atoms with Gasteiger partial charge in [0, 0.05) is 11.8 Å². The summed E-state index contributed by atoms with van der Waals surface area (Å²) in [5.74, 6) is 0. The van der Waals surface area contributed by atoms with Crippen molar-refractivity contribution < 1.29 is 10.2 Å². The molecule has 1 aromatic heterocycles. The fraction of sp³-hybridized carbons (Fsp3) is 0.154. The summed E-state index contributed by atoms with van der Waals surface area (Å²) < 4.78 is 0. The Bertz CT molecular complexity index is 437. The molecule has 0 bridgehead atoms. The van der Waals surface area contributed by atoms with Crippen LogP contribution in [0, 0.1) is 0 Å². The lowest BCUT2D eigenvalue weighted by atomic mass is 10.1. The van der Waals surface area contributed by atoms with Crippen molar-refractivity contribution in [2.45, 2.75) is 13.2 Å². The molecule has 0 aliphatic heterocycles. The number of aliphatic hydroxyl groups excluding tert-OH is 2. The minimum absolute atomic E-state index is 0.00914. The third-order valence-electron chi connectivity index (χ3n) is 2.41. The van der Waals surface area contributed by atoms with Gasteiger partial charge in [0.05, 0.1) is 18.9 Å². The summed E-state index contributed by atoms with van der Waals surface area (Å²) in [5.41, 5.74) is 3.44. The van der Waals surface area contributed by atoms with Gasteiger partial charge in [-0.3, -0.25) is 4.98 Å². The highest BCUT2D eigenvalue weighted by molar-refractivity contribution is 5.60. The minimum Gasteiger partial charge on any atom is -0.392 e. The third kappa shape index (κ3) is 2.27. The zero-order valence-corrected chi connectivity index (χ0v) is 8.80. The normalized spacial score (nSPS) is 10.4. The number of aromatic nitrogens is 1. The van der Waals surface area contributed by atoms with Crippen molar-refractivity contribution in [2.24, 2.45) is 0 Å². The average molecular weight is 215 g/mol. The summed E-state index contributed by atoms with van der Waals surface area (Å²) in [7, 11) is 0. The van der Waals surface area contributed by atoms with E-state index in [4.69, 9.17) is 10.2 Å². The first kappa shape index (κ1) is 10.8. The van der Waals surface area contributed by atoms with Crippen molar-refractivity contribution in [1.29, 1.82) is 0 Å². The monoisotopic (exact) mass is 215 g/mol. The second kappa shape index (κ2) is 4.88. The quantitative estimate of drug-likeness (QED) is 0.819. The molecule has 0 spiro atoms. The van der Waals surface area contributed by atoms with Gasteiger partial charge in [-0.1, -0.05) is 18.2 Å². The van der Waals surface area contributed by atoms with Gasteiger partial charge in [-0.25, -0.2) is 0 Å². The topological polar surface area (TPSA) is 53.4 Å². The Hall–Kier alpha value is -1.71. The predicted octanol–water partition coefficient (Wildman–Crippen LogP) is 1.73. The minimum atomic E-state index is 0.00914. The molecule has 16 heavy (non-hydrogen) atoms. The van der Waals surface area contributed by atoms with Gasteiger partial charge < -0.3 is 10.2 Å². The molecule has 3 nitrogen and oxygen atoms in total. The molecule has 0 fully saturated rings. The van der Waals surface area contributed by atoms with Crippen LogP contribution in [0.25, 0.3) is 11.3 Å². The number of pyridine rings is 1. The first-order valence-corrected chi connectivity index (χ1v) is 5.09. The largest absolute Gasteiger partial charge is 0.392 e. The Balaban J connectivity index is 2.41. The van der Waals surface area contributed by atoms with E-state index in [9.17, 15) is 0 Å². The Morgan fingerprint density at radius 2 is 1.69 bits per heavy atom. The SMILES string of the molecule is OCc1cccc(-c2cc(CO)ccn2)c1. The van der Waals surface area contributed by atoms with Gasteiger partial charge in [0.2, 0.25) is 0 Å². The van der Waals surface area contributed by atoms with Crippen LogP contribution in [0.5, 0.6) is 0 Å². The molecule has 1 aromatic carbocycles. The van der Waals surface area contributed by atoms with Crippen molar-refractivity contribution in [2.75, 3.05) is 0 Å². The van der Waals surface area contributed by atoms with Crippen molar-refractivity contribution >= 4 is 0 Å². The van der Waals surface area contributed by atoms with Crippen LogP contribution in [0.4, 0.5) is 0 Å². The van der Waals surface area contributed by atoms with E-state index >= 15 is 0 Å². The molecule has 1 heterocycles. The molecule has 0 atom stereocenters. The van der Waals surface area contributed by atoms with Crippen molar-refractivity contribution in [3.8, 4) is 11.3 Å². The average Bonchev–Trinajstić information content (AvgIpc) is 2.39. The van der Waals surface area contributed by atoms with Gasteiger partial charge >= 0.3 is 0 Å². The Labute approximate surface area is 94.0 Å². The highest BCUT2D eigenvalue weighted by atomic mass is 16.3.